The Kier molecular flexibility index (Phi) is 4.16. The van der Waals surface area contributed by atoms with E-state index in [1.54, 1.807) is 12.4 Å². The van der Waals surface area contributed by atoms with Crippen LogP contribution in [-0.4, -0.2) is 40.5 Å². The SMILES string of the molecule is CC1(CCNc2nc(-c3ccncc3)nc3c2CCC3)OCCO1. The van der Waals surface area contributed by atoms with E-state index < -0.39 is 5.79 Å². The van der Waals surface area contributed by atoms with Gasteiger partial charge in [0.1, 0.15) is 5.82 Å². The van der Waals surface area contributed by atoms with Crippen LogP contribution in [0.4, 0.5) is 5.82 Å². The average Bonchev–Trinajstić information content (AvgIpc) is 3.25. The number of hydrogen-bond donors (Lipinski definition) is 1. The molecule has 1 aliphatic heterocycles. The summed E-state index contributed by atoms with van der Waals surface area (Å²) in [6, 6.07) is 3.89. The quantitative estimate of drug-likeness (QED) is 0.911. The molecule has 0 aromatic carbocycles. The highest BCUT2D eigenvalue weighted by molar-refractivity contribution is 5.60. The van der Waals surface area contributed by atoms with Crippen molar-refractivity contribution in [2.45, 2.75) is 38.4 Å². The number of aromatic nitrogens is 3. The number of anilines is 1. The number of hydrogen-bond acceptors (Lipinski definition) is 6. The molecule has 2 aromatic rings. The molecule has 2 aromatic heterocycles. The van der Waals surface area contributed by atoms with Crippen molar-refractivity contribution < 1.29 is 9.47 Å². The Bertz CT molecular complexity index is 714. The predicted molar refractivity (Wildman–Crippen MR) is 90.7 cm³/mol. The number of nitrogens with zero attached hydrogens (tertiary/aromatic N) is 3. The molecule has 24 heavy (non-hydrogen) atoms. The van der Waals surface area contributed by atoms with Crippen LogP contribution in [0.25, 0.3) is 11.4 Å². The number of ether oxygens (including phenoxy) is 2. The van der Waals surface area contributed by atoms with Crippen LogP contribution in [0, 0.1) is 0 Å². The molecule has 4 rings (SSSR count). The zero-order chi connectivity index (χ0) is 16.4. The topological polar surface area (TPSA) is 69.2 Å². The first-order valence-electron chi connectivity index (χ1n) is 8.55. The molecule has 0 saturated carbocycles. The van der Waals surface area contributed by atoms with Crippen molar-refractivity contribution >= 4 is 5.82 Å². The smallest absolute Gasteiger partial charge is 0.167 e. The summed E-state index contributed by atoms with van der Waals surface area (Å²) in [7, 11) is 0. The van der Waals surface area contributed by atoms with Gasteiger partial charge < -0.3 is 14.8 Å². The van der Waals surface area contributed by atoms with Crippen LogP contribution < -0.4 is 5.32 Å². The second kappa shape index (κ2) is 6.45. The molecule has 2 aliphatic rings. The van der Waals surface area contributed by atoms with E-state index in [2.05, 4.69) is 10.3 Å². The number of nitrogens with one attached hydrogen (secondary N) is 1. The van der Waals surface area contributed by atoms with Crippen molar-refractivity contribution in [2.24, 2.45) is 0 Å². The molecule has 0 spiro atoms. The summed E-state index contributed by atoms with van der Waals surface area (Å²) in [6.07, 6.45) is 7.54. The van der Waals surface area contributed by atoms with Crippen LogP contribution in [0.5, 0.6) is 0 Å². The zero-order valence-corrected chi connectivity index (χ0v) is 13.9. The highest BCUT2D eigenvalue weighted by atomic mass is 16.7. The Balaban J connectivity index is 1.54. The van der Waals surface area contributed by atoms with Gasteiger partial charge in [-0.1, -0.05) is 0 Å². The Hall–Kier alpha value is -2.05. The van der Waals surface area contributed by atoms with Crippen LogP contribution in [0.3, 0.4) is 0 Å². The normalized spacial score (nSPS) is 18.5. The van der Waals surface area contributed by atoms with Crippen molar-refractivity contribution in [2.75, 3.05) is 25.1 Å². The lowest BCUT2D eigenvalue weighted by molar-refractivity contribution is -0.144. The van der Waals surface area contributed by atoms with Gasteiger partial charge >= 0.3 is 0 Å². The summed E-state index contributed by atoms with van der Waals surface area (Å²) in [5.74, 6) is 1.24. The van der Waals surface area contributed by atoms with Crippen LogP contribution in [0.15, 0.2) is 24.5 Å². The molecule has 126 valence electrons. The van der Waals surface area contributed by atoms with Gasteiger partial charge in [0.2, 0.25) is 0 Å². The third kappa shape index (κ3) is 3.12. The largest absolute Gasteiger partial charge is 0.370 e. The Labute approximate surface area is 141 Å². The molecule has 0 atom stereocenters. The van der Waals surface area contributed by atoms with Gasteiger partial charge in [0.15, 0.2) is 11.6 Å². The highest BCUT2D eigenvalue weighted by Gasteiger charge is 2.30. The summed E-state index contributed by atoms with van der Waals surface area (Å²) in [5, 5.41) is 3.48. The van der Waals surface area contributed by atoms with Gasteiger partial charge in [0.05, 0.1) is 13.2 Å². The predicted octanol–water partition coefficient (Wildman–Crippen LogP) is 2.59. The first-order valence-corrected chi connectivity index (χ1v) is 8.55. The molecule has 0 bridgehead atoms. The maximum Gasteiger partial charge on any atom is 0.167 e. The lowest BCUT2D eigenvalue weighted by Gasteiger charge is -2.22. The van der Waals surface area contributed by atoms with Crippen molar-refractivity contribution in [1.29, 1.82) is 0 Å². The monoisotopic (exact) mass is 326 g/mol. The van der Waals surface area contributed by atoms with Gasteiger partial charge in [-0.3, -0.25) is 4.98 Å². The van der Waals surface area contributed by atoms with Gasteiger partial charge in [-0.15, -0.1) is 0 Å². The van der Waals surface area contributed by atoms with Gasteiger partial charge in [-0.05, 0) is 38.3 Å². The third-order valence-electron chi connectivity index (χ3n) is 4.64. The van der Waals surface area contributed by atoms with Crippen LogP contribution in [0.1, 0.15) is 31.0 Å². The molecule has 0 unspecified atom stereocenters. The van der Waals surface area contributed by atoms with Gasteiger partial charge in [0.25, 0.3) is 0 Å². The van der Waals surface area contributed by atoms with E-state index in [1.165, 1.54) is 11.3 Å². The van der Waals surface area contributed by atoms with Gasteiger partial charge in [-0.2, -0.15) is 0 Å². The fourth-order valence-corrected chi connectivity index (χ4v) is 3.32. The van der Waals surface area contributed by atoms with E-state index in [4.69, 9.17) is 19.4 Å². The number of rotatable bonds is 5. The second-order valence-electron chi connectivity index (χ2n) is 6.42. The third-order valence-corrected chi connectivity index (χ3v) is 4.64. The summed E-state index contributed by atoms with van der Waals surface area (Å²) >= 11 is 0. The average molecular weight is 326 g/mol. The fraction of sp³-hybridized carbons (Fsp3) is 0.500. The standard InChI is InChI=1S/C18H22N4O2/c1-18(23-11-12-24-18)7-10-20-17-14-3-2-4-15(14)21-16(22-17)13-5-8-19-9-6-13/h5-6,8-9H,2-4,7,10-12H2,1H3,(H,20,21,22). The summed E-state index contributed by atoms with van der Waals surface area (Å²) in [6.45, 7) is 4.10. The number of pyridine rings is 1. The summed E-state index contributed by atoms with van der Waals surface area (Å²) in [4.78, 5) is 13.6. The Morgan fingerprint density at radius 2 is 1.92 bits per heavy atom. The molecule has 3 heterocycles. The molecule has 1 saturated heterocycles. The number of aryl methyl sites for hydroxylation is 1. The maximum atomic E-state index is 5.66. The van der Waals surface area contributed by atoms with Crippen LogP contribution in [0.2, 0.25) is 0 Å². The van der Waals surface area contributed by atoms with E-state index in [1.807, 2.05) is 19.1 Å². The summed E-state index contributed by atoms with van der Waals surface area (Å²) < 4.78 is 11.3. The molecule has 0 amide bonds. The van der Waals surface area contributed by atoms with E-state index >= 15 is 0 Å². The molecular formula is C18H22N4O2. The number of fused-ring (bicyclic) bond motifs is 1. The first-order chi connectivity index (χ1) is 11.7. The molecule has 6 heteroatoms. The van der Waals surface area contributed by atoms with E-state index in [-0.39, 0.29) is 0 Å². The van der Waals surface area contributed by atoms with Gasteiger partial charge in [-0.25, -0.2) is 9.97 Å². The zero-order valence-electron chi connectivity index (χ0n) is 13.9. The van der Waals surface area contributed by atoms with Crippen molar-refractivity contribution in [1.82, 2.24) is 15.0 Å². The lowest BCUT2D eigenvalue weighted by Crippen LogP contribution is -2.28. The molecule has 0 radical (unpaired) electrons. The van der Waals surface area contributed by atoms with Crippen molar-refractivity contribution in [3.05, 3.63) is 35.8 Å². The van der Waals surface area contributed by atoms with E-state index in [9.17, 15) is 0 Å². The molecule has 6 nitrogen and oxygen atoms in total. The maximum absolute atomic E-state index is 5.66. The van der Waals surface area contributed by atoms with Crippen molar-refractivity contribution in [3.8, 4) is 11.4 Å². The molecule has 1 fully saturated rings. The molecule has 1 aliphatic carbocycles. The van der Waals surface area contributed by atoms with E-state index in [0.29, 0.717) is 13.2 Å². The highest BCUT2D eigenvalue weighted by Crippen LogP contribution is 2.29. The first kappa shape index (κ1) is 15.5. The minimum Gasteiger partial charge on any atom is -0.370 e. The Morgan fingerprint density at radius 1 is 1.12 bits per heavy atom. The minimum atomic E-state index is -0.475. The summed E-state index contributed by atoms with van der Waals surface area (Å²) in [5.41, 5.74) is 3.42. The molecular weight excluding hydrogens is 304 g/mol. The fourth-order valence-electron chi connectivity index (χ4n) is 3.32. The van der Waals surface area contributed by atoms with Crippen molar-refractivity contribution in [3.63, 3.8) is 0 Å². The lowest BCUT2D eigenvalue weighted by atomic mass is 10.2. The Morgan fingerprint density at radius 3 is 2.71 bits per heavy atom. The van der Waals surface area contributed by atoms with E-state index in [0.717, 1.165) is 49.4 Å². The molecule has 1 N–H and O–H groups in total. The van der Waals surface area contributed by atoms with Crippen LogP contribution in [-0.2, 0) is 22.3 Å². The van der Waals surface area contributed by atoms with Gasteiger partial charge in [0, 0.05) is 42.2 Å². The minimum absolute atomic E-state index is 0.475. The second-order valence-corrected chi connectivity index (χ2v) is 6.42. The van der Waals surface area contributed by atoms with Crippen LogP contribution >= 0.6 is 0 Å².